The fourth-order valence-corrected chi connectivity index (χ4v) is 3.55. The second-order valence-corrected chi connectivity index (χ2v) is 6.27. The van der Waals surface area contributed by atoms with Gasteiger partial charge in [-0.1, -0.05) is 42.5 Å². The van der Waals surface area contributed by atoms with Gasteiger partial charge in [0.25, 0.3) is 0 Å². The van der Waals surface area contributed by atoms with E-state index in [-0.39, 0.29) is 11.8 Å². The van der Waals surface area contributed by atoms with E-state index in [2.05, 4.69) is 46.7 Å². The molecule has 23 heavy (non-hydrogen) atoms. The van der Waals surface area contributed by atoms with Gasteiger partial charge in [0.15, 0.2) is 0 Å². The molecule has 1 aliphatic carbocycles. The van der Waals surface area contributed by atoms with E-state index in [1.807, 2.05) is 18.3 Å². The Hall–Kier alpha value is -2.55. The minimum Gasteiger partial charge on any atom is -0.361 e. The molecular weight excluding hydrogens is 284 g/mol. The number of benzene rings is 2. The summed E-state index contributed by atoms with van der Waals surface area (Å²) >= 11 is 0. The van der Waals surface area contributed by atoms with Crippen molar-refractivity contribution in [1.29, 1.82) is 0 Å². The van der Waals surface area contributed by atoms with Crippen molar-refractivity contribution >= 4 is 16.8 Å². The summed E-state index contributed by atoms with van der Waals surface area (Å²) in [5, 5.41) is 4.35. The number of para-hydroxylation sites is 1. The van der Waals surface area contributed by atoms with E-state index in [1.165, 1.54) is 22.1 Å². The number of hydrogen-bond donors (Lipinski definition) is 2. The first kappa shape index (κ1) is 14.1. The van der Waals surface area contributed by atoms with Crippen LogP contribution in [0.4, 0.5) is 0 Å². The Kier molecular flexibility index (Phi) is 3.62. The number of nitrogens with one attached hydrogen (secondary N) is 2. The van der Waals surface area contributed by atoms with Gasteiger partial charge in [-0.25, -0.2) is 0 Å². The summed E-state index contributed by atoms with van der Waals surface area (Å²) in [7, 11) is 0. The van der Waals surface area contributed by atoms with Gasteiger partial charge < -0.3 is 10.3 Å². The molecule has 3 aromatic rings. The van der Waals surface area contributed by atoms with Crippen LogP contribution >= 0.6 is 0 Å². The summed E-state index contributed by atoms with van der Waals surface area (Å²) in [6.07, 6.45) is 4.64. The number of rotatable bonds is 4. The van der Waals surface area contributed by atoms with E-state index in [0.29, 0.717) is 6.54 Å². The second-order valence-electron chi connectivity index (χ2n) is 6.27. The molecule has 0 aliphatic heterocycles. The van der Waals surface area contributed by atoms with Gasteiger partial charge in [-0.2, -0.15) is 0 Å². The van der Waals surface area contributed by atoms with Crippen molar-refractivity contribution in [3.05, 3.63) is 71.4 Å². The number of H-pyrrole nitrogens is 1. The summed E-state index contributed by atoms with van der Waals surface area (Å²) in [5.74, 6) is 0.274. The highest BCUT2D eigenvalue weighted by Gasteiger charge is 2.26. The lowest BCUT2D eigenvalue weighted by Gasteiger charge is -2.10. The molecule has 2 N–H and O–H groups in total. The molecule has 0 radical (unpaired) electrons. The van der Waals surface area contributed by atoms with Crippen LogP contribution in [0.15, 0.2) is 54.7 Å². The molecule has 3 heteroatoms. The standard InChI is InChI=1S/C20H20N2O/c23-20(17-11-14-5-1-2-6-15(14)12-17)21-10-9-16-13-22-19-8-4-3-7-18(16)19/h1-8,13,17,22H,9-12H2,(H,21,23). The van der Waals surface area contributed by atoms with Gasteiger partial charge in [0.1, 0.15) is 0 Å². The molecule has 0 bridgehead atoms. The van der Waals surface area contributed by atoms with Gasteiger partial charge in [0.05, 0.1) is 0 Å². The second kappa shape index (κ2) is 5.92. The number of fused-ring (bicyclic) bond motifs is 2. The maximum atomic E-state index is 12.4. The quantitative estimate of drug-likeness (QED) is 0.763. The predicted molar refractivity (Wildman–Crippen MR) is 92.4 cm³/mol. The van der Waals surface area contributed by atoms with Crippen molar-refractivity contribution in [3.8, 4) is 0 Å². The third-order valence-corrected chi connectivity index (χ3v) is 4.79. The fourth-order valence-electron chi connectivity index (χ4n) is 3.55. The van der Waals surface area contributed by atoms with Crippen molar-refractivity contribution in [2.24, 2.45) is 5.92 Å². The van der Waals surface area contributed by atoms with Crippen molar-refractivity contribution in [3.63, 3.8) is 0 Å². The SMILES string of the molecule is O=C(NCCc1c[nH]c2ccccc12)C1Cc2ccccc2C1. The van der Waals surface area contributed by atoms with E-state index in [4.69, 9.17) is 0 Å². The number of carbonyl (C=O) groups excluding carboxylic acids is 1. The molecule has 0 saturated heterocycles. The van der Waals surface area contributed by atoms with Gasteiger partial charge in [-0.05, 0) is 42.0 Å². The number of carbonyl (C=O) groups is 1. The third kappa shape index (κ3) is 2.74. The molecule has 116 valence electrons. The van der Waals surface area contributed by atoms with Gasteiger partial charge in [-0.3, -0.25) is 4.79 Å². The molecule has 1 amide bonds. The number of hydrogen-bond acceptors (Lipinski definition) is 1. The van der Waals surface area contributed by atoms with E-state index in [9.17, 15) is 4.79 Å². The first-order chi connectivity index (χ1) is 11.3. The first-order valence-corrected chi connectivity index (χ1v) is 8.21. The maximum Gasteiger partial charge on any atom is 0.223 e. The molecule has 0 atom stereocenters. The number of amides is 1. The molecule has 4 rings (SSSR count). The van der Waals surface area contributed by atoms with Crippen LogP contribution < -0.4 is 5.32 Å². The smallest absolute Gasteiger partial charge is 0.223 e. The minimum atomic E-state index is 0.0929. The Bertz CT molecular complexity index is 824. The highest BCUT2D eigenvalue weighted by atomic mass is 16.1. The molecular formula is C20H20N2O. The Balaban J connectivity index is 1.34. The molecule has 2 aromatic carbocycles. The van der Waals surface area contributed by atoms with Gasteiger partial charge >= 0.3 is 0 Å². The molecule has 0 fully saturated rings. The zero-order valence-corrected chi connectivity index (χ0v) is 13.0. The average molecular weight is 304 g/mol. The summed E-state index contributed by atoms with van der Waals surface area (Å²) in [6.45, 7) is 0.688. The summed E-state index contributed by atoms with van der Waals surface area (Å²) in [5.41, 5.74) is 5.06. The highest BCUT2D eigenvalue weighted by Crippen LogP contribution is 2.26. The summed E-state index contributed by atoms with van der Waals surface area (Å²) < 4.78 is 0. The Labute approximate surface area is 135 Å². The molecule has 3 nitrogen and oxygen atoms in total. The molecule has 1 heterocycles. The van der Waals surface area contributed by atoms with Gasteiger partial charge in [0, 0.05) is 29.6 Å². The van der Waals surface area contributed by atoms with Crippen LogP contribution in [-0.2, 0) is 24.1 Å². The van der Waals surface area contributed by atoms with E-state index in [0.717, 1.165) is 24.8 Å². The van der Waals surface area contributed by atoms with Crippen LogP contribution in [0.5, 0.6) is 0 Å². The Morgan fingerprint density at radius 3 is 2.52 bits per heavy atom. The zero-order valence-electron chi connectivity index (χ0n) is 13.0. The highest BCUT2D eigenvalue weighted by molar-refractivity contribution is 5.83. The molecule has 1 aliphatic rings. The van der Waals surface area contributed by atoms with Crippen molar-refractivity contribution in [2.45, 2.75) is 19.3 Å². The van der Waals surface area contributed by atoms with E-state index < -0.39 is 0 Å². The molecule has 0 saturated carbocycles. The lowest BCUT2D eigenvalue weighted by molar-refractivity contribution is -0.124. The summed E-state index contributed by atoms with van der Waals surface area (Å²) in [4.78, 5) is 15.7. The number of aromatic nitrogens is 1. The van der Waals surface area contributed by atoms with Crippen molar-refractivity contribution in [1.82, 2.24) is 10.3 Å². The van der Waals surface area contributed by atoms with Crippen LogP contribution in [0.1, 0.15) is 16.7 Å². The monoisotopic (exact) mass is 304 g/mol. The molecule has 0 unspecified atom stereocenters. The fraction of sp³-hybridized carbons (Fsp3) is 0.250. The molecule has 0 spiro atoms. The van der Waals surface area contributed by atoms with Crippen LogP contribution in [0.2, 0.25) is 0 Å². The lowest BCUT2D eigenvalue weighted by atomic mass is 10.1. The first-order valence-electron chi connectivity index (χ1n) is 8.21. The Morgan fingerprint density at radius 1 is 1.04 bits per heavy atom. The van der Waals surface area contributed by atoms with Crippen LogP contribution in [0.3, 0.4) is 0 Å². The van der Waals surface area contributed by atoms with Crippen LogP contribution in [-0.4, -0.2) is 17.4 Å². The van der Waals surface area contributed by atoms with Crippen molar-refractivity contribution < 1.29 is 4.79 Å². The topological polar surface area (TPSA) is 44.9 Å². The van der Waals surface area contributed by atoms with Gasteiger partial charge in [-0.15, -0.1) is 0 Å². The van der Waals surface area contributed by atoms with E-state index in [1.54, 1.807) is 0 Å². The van der Waals surface area contributed by atoms with Crippen molar-refractivity contribution in [2.75, 3.05) is 6.54 Å². The molecule has 1 aromatic heterocycles. The zero-order chi connectivity index (χ0) is 15.6. The van der Waals surface area contributed by atoms with Crippen LogP contribution in [0, 0.1) is 5.92 Å². The average Bonchev–Trinajstić information content (AvgIpc) is 3.19. The third-order valence-electron chi connectivity index (χ3n) is 4.79. The lowest BCUT2D eigenvalue weighted by Crippen LogP contribution is -2.32. The number of aromatic amines is 1. The van der Waals surface area contributed by atoms with Crippen LogP contribution in [0.25, 0.3) is 10.9 Å². The van der Waals surface area contributed by atoms with E-state index >= 15 is 0 Å². The summed E-state index contributed by atoms with van der Waals surface area (Å²) in [6, 6.07) is 16.6. The largest absolute Gasteiger partial charge is 0.361 e. The van der Waals surface area contributed by atoms with Gasteiger partial charge in [0.2, 0.25) is 5.91 Å². The minimum absolute atomic E-state index is 0.0929. The predicted octanol–water partition coefficient (Wildman–Crippen LogP) is 3.24. The Morgan fingerprint density at radius 2 is 1.74 bits per heavy atom. The normalized spacial score (nSPS) is 14.1. The maximum absolute atomic E-state index is 12.4.